The van der Waals surface area contributed by atoms with Crippen LogP contribution in [-0.4, -0.2) is 26.0 Å². The zero-order valence-corrected chi connectivity index (χ0v) is 10.8. The number of amides is 1. The first-order valence-electron chi connectivity index (χ1n) is 5.98. The largest absolute Gasteiger partial charge is 0.467 e. The minimum atomic E-state index is -0.702. The van der Waals surface area contributed by atoms with E-state index in [-0.39, 0.29) is 5.91 Å². The molecule has 0 aromatic carbocycles. The van der Waals surface area contributed by atoms with Gasteiger partial charge < -0.3 is 14.8 Å². The van der Waals surface area contributed by atoms with Gasteiger partial charge in [-0.05, 0) is 26.0 Å². The Morgan fingerprint density at radius 3 is 2.95 bits per heavy atom. The number of aliphatic hydroxyl groups is 1. The quantitative estimate of drug-likeness (QED) is 0.833. The number of hydrogen-bond acceptors (Lipinski definition) is 5. The van der Waals surface area contributed by atoms with Gasteiger partial charge in [0, 0.05) is 0 Å². The molecule has 0 aliphatic heterocycles. The molecule has 2 rings (SSSR count). The van der Waals surface area contributed by atoms with E-state index in [0.717, 1.165) is 0 Å². The highest BCUT2D eigenvalue weighted by atomic mass is 16.3. The van der Waals surface area contributed by atoms with Crippen LogP contribution in [0.4, 0.5) is 0 Å². The molecule has 19 heavy (non-hydrogen) atoms. The number of hydrogen-bond donors (Lipinski definition) is 2. The van der Waals surface area contributed by atoms with Crippen LogP contribution in [0.5, 0.6) is 0 Å². The van der Waals surface area contributed by atoms with Crippen LogP contribution < -0.4 is 5.32 Å². The molecule has 1 amide bonds. The first kappa shape index (κ1) is 13.3. The third-order valence-electron chi connectivity index (χ3n) is 2.75. The van der Waals surface area contributed by atoms with Gasteiger partial charge in [-0.2, -0.15) is 0 Å². The summed E-state index contributed by atoms with van der Waals surface area (Å²) in [4.78, 5) is 11.9. The van der Waals surface area contributed by atoms with E-state index in [2.05, 4.69) is 15.6 Å². The van der Waals surface area contributed by atoms with Crippen LogP contribution in [0.25, 0.3) is 0 Å². The van der Waals surface area contributed by atoms with Crippen molar-refractivity contribution >= 4 is 5.91 Å². The molecule has 0 bridgehead atoms. The molecule has 0 saturated heterocycles. The minimum absolute atomic E-state index is 0.196. The molecule has 0 radical (unpaired) electrons. The zero-order chi connectivity index (χ0) is 13.8. The molecule has 0 spiro atoms. The highest BCUT2D eigenvalue weighted by Gasteiger charge is 2.17. The maximum absolute atomic E-state index is 11.9. The van der Waals surface area contributed by atoms with E-state index >= 15 is 0 Å². The van der Waals surface area contributed by atoms with Crippen molar-refractivity contribution in [3.05, 3.63) is 36.0 Å². The number of furan rings is 1. The fourth-order valence-electron chi connectivity index (χ4n) is 1.53. The van der Waals surface area contributed by atoms with Crippen molar-refractivity contribution in [2.24, 2.45) is 0 Å². The van der Waals surface area contributed by atoms with Crippen molar-refractivity contribution in [2.75, 3.05) is 0 Å². The number of carbonyl (C=O) groups is 1. The molecule has 2 unspecified atom stereocenters. The van der Waals surface area contributed by atoms with Gasteiger partial charge in [0.25, 0.3) is 0 Å². The van der Waals surface area contributed by atoms with Crippen LogP contribution in [0.3, 0.4) is 0 Å². The van der Waals surface area contributed by atoms with Crippen LogP contribution in [0.2, 0.25) is 0 Å². The average molecular weight is 264 g/mol. The van der Waals surface area contributed by atoms with Crippen molar-refractivity contribution in [2.45, 2.75) is 32.5 Å². The summed E-state index contributed by atoms with van der Waals surface area (Å²) in [6, 6.07) is 3.04. The van der Waals surface area contributed by atoms with Crippen molar-refractivity contribution in [3.8, 4) is 0 Å². The summed E-state index contributed by atoms with van der Waals surface area (Å²) in [6.45, 7) is 3.63. The summed E-state index contributed by atoms with van der Waals surface area (Å²) < 4.78 is 6.54. The Morgan fingerprint density at radius 2 is 2.37 bits per heavy atom. The first-order valence-corrected chi connectivity index (χ1v) is 5.98. The van der Waals surface area contributed by atoms with E-state index in [0.29, 0.717) is 18.0 Å². The van der Waals surface area contributed by atoms with Crippen molar-refractivity contribution in [1.82, 2.24) is 20.3 Å². The third kappa shape index (κ3) is 3.19. The van der Waals surface area contributed by atoms with Gasteiger partial charge in [0.2, 0.25) is 5.91 Å². The van der Waals surface area contributed by atoms with Crippen LogP contribution in [-0.2, 0) is 11.3 Å². The molecule has 2 aromatic heterocycles. The SMILES string of the molecule is CC(O)c1cn(C(C)C(=O)NCc2ccco2)nn1. The third-order valence-corrected chi connectivity index (χ3v) is 2.75. The molecule has 102 valence electrons. The Balaban J connectivity index is 1.94. The Hall–Kier alpha value is -2.15. The lowest BCUT2D eigenvalue weighted by molar-refractivity contribution is -0.124. The number of aromatic nitrogens is 3. The molecule has 0 aliphatic rings. The van der Waals surface area contributed by atoms with Gasteiger partial charge in [-0.15, -0.1) is 5.10 Å². The van der Waals surface area contributed by atoms with E-state index in [1.807, 2.05) is 0 Å². The average Bonchev–Trinajstić information content (AvgIpc) is 3.05. The maximum atomic E-state index is 11.9. The van der Waals surface area contributed by atoms with Gasteiger partial charge >= 0.3 is 0 Å². The molecule has 2 aromatic rings. The monoisotopic (exact) mass is 264 g/mol. The predicted molar refractivity (Wildman–Crippen MR) is 65.9 cm³/mol. The molecular weight excluding hydrogens is 248 g/mol. The minimum Gasteiger partial charge on any atom is -0.467 e. The first-order chi connectivity index (χ1) is 9.08. The lowest BCUT2D eigenvalue weighted by Crippen LogP contribution is -2.30. The van der Waals surface area contributed by atoms with Crippen molar-refractivity contribution in [1.29, 1.82) is 0 Å². The standard InChI is InChI=1S/C12H16N4O3/c1-8(16-7-11(9(2)17)14-15-16)12(18)13-6-10-4-3-5-19-10/h3-5,7-9,17H,6H2,1-2H3,(H,13,18). The van der Waals surface area contributed by atoms with Crippen molar-refractivity contribution in [3.63, 3.8) is 0 Å². The second-order valence-electron chi connectivity index (χ2n) is 4.27. The number of rotatable bonds is 5. The molecule has 2 atom stereocenters. The van der Waals surface area contributed by atoms with E-state index in [1.54, 1.807) is 38.4 Å². The van der Waals surface area contributed by atoms with Crippen LogP contribution in [0, 0.1) is 0 Å². The molecule has 7 nitrogen and oxygen atoms in total. The van der Waals surface area contributed by atoms with Gasteiger partial charge in [0.1, 0.15) is 17.5 Å². The summed E-state index contributed by atoms with van der Waals surface area (Å²) in [5.41, 5.74) is 0.436. The fourth-order valence-corrected chi connectivity index (χ4v) is 1.53. The number of aliphatic hydroxyl groups excluding tert-OH is 1. The molecule has 7 heteroatoms. The summed E-state index contributed by atoms with van der Waals surface area (Å²) in [6.07, 6.45) is 2.41. The van der Waals surface area contributed by atoms with Crippen molar-refractivity contribution < 1.29 is 14.3 Å². The fraction of sp³-hybridized carbons (Fsp3) is 0.417. The second-order valence-corrected chi connectivity index (χ2v) is 4.27. The van der Waals surface area contributed by atoms with Crippen LogP contribution >= 0.6 is 0 Å². The summed E-state index contributed by atoms with van der Waals surface area (Å²) >= 11 is 0. The van der Waals surface area contributed by atoms with Gasteiger partial charge in [0.05, 0.1) is 25.1 Å². The normalized spacial score (nSPS) is 14.1. The van der Waals surface area contributed by atoms with Gasteiger partial charge in [-0.25, -0.2) is 4.68 Å². The Morgan fingerprint density at radius 1 is 1.58 bits per heavy atom. The van der Waals surface area contributed by atoms with Crippen LogP contribution in [0.1, 0.15) is 37.4 Å². The van der Waals surface area contributed by atoms with Crippen LogP contribution in [0.15, 0.2) is 29.0 Å². The van der Waals surface area contributed by atoms with E-state index in [4.69, 9.17) is 4.42 Å². The lowest BCUT2D eigenvalue weighted by Gasteiger charge is -2.11. The molecule has 0 saturated carbocycles. The number of nitrogens with zero attached hydrogens (tertiary/aromatic N) is 3. The lowest BCUT2D eigenvalue weighted by atomic mass is 10.3. The molecule has 2 heterocycles. The smallest absolute Gasteiger partial charge is 0.245 e. The Labute approximate surface area is 110 Å². The summed E-state index contributed by atoms with van der Waals surface area (Å²) in [7, 11) is 0. The maximum Gasteiger partial charge on any atom is 0.245 e. The van der Waals surface area contributed by atoms with Gasteiger partial charge in [-0.3, -0.25) is 4.79 Å². The predicted octanol–water partition coefficient (Wildman–Crippen LogP) is 0.802. The second kappa shape index (κ2) is 5.66. The summed E-state index contributed by atoms with van der Waals surface area (Å²) in [5, 5.41) is 19.7. The summed E-state index contributed by atoms with van der Waals surface area (Å²) in [5.74, 6) is 0.488. The van der Waals surface area contributed by atoms with Gasteiger partial charge in [-0.1, -0.05) is 5.21 Å². The Kier molecular flexibility index (Phi) is 3.96. The number of nitrogens with one attached hydrogen (secondary N) is 1. The molecular formula is C12H16N4O3. The highest BCUT2D eigenvalue weighted by molar-refractivity contribution is 5.79. The van der Waals surface area contributed by atoms with E-state index in [9.17, 15) is 9.90 Å². The molecule has 0 aliphatic carbocycles. The zero-order valence-electron chi connectivity index (χ0n) is 10.8. The highest BCUT2D eigenvalue weighted by Crippen LogP contribution is 2.11. The van der Waals surface area contributed by atoms with E-state index in [1.165, 1.54) is 4.68 Å². The number of carbonyl (C=O) groups excluding carboxylic acids is 1. The Bertz CT molecular complexity index is 533. The van der Waals surface area contributed by atoms with E-state index < -0.39 is 12.1 Å². The molecule has 2 N–H and O–H groups in total. The van der Waals surface area contributed by atoms with Gasteiger partial charge in [0.15, 0.2) is 0 Å². The molecule has 0 fully saturated rings. The topological polar surface area (TPSA) is 93.2 Å².